The number of ether oxygens (including phenoxy) is 1. The van der Waals surface area contributed by atoms with Crippen LogP contribution in [-0.4, -0.2) is 25.5 Å². The maximum Gasteiger partial charge on any atom is 0.310 e. The minimum Gasteiger partial charge on any atom is -0.469 e. The van der Waals surface area contributed by atoms with E-state index in [1.807, 2.05) is 49.4 Å². The zero-order valence-corrected chi connectivity index (χ0v) is 14.6. The zero-order valence-electron chi connectivity index (χ0n) is 14.6. The highest BCUT2D eigenvalue weighted by Gasteiger charge is 2.23. The summed E-state index contributed by atoms with van der Waals surface area (Å²) >= 11 is 0. The predicted molar refractivity (Wildman–Crippen MR) is 96.8 cm³/mol. The third kappa shape index (κ3) is 5.43. The van der Waals surface area contributed by atoms with Crippen molar-refractivity contribution in [1.82, 2.24) is 5.32 Å². The molecule has 2 rings (SSSR count). The molecule has 0 aliphatic heterocycles. The van der Waals surface area contributed by atoms with Crippen LogP contribution in [-0.2, 0) is 20.7 Å². The van der Waals surface area contributed by atoms with Crippen LogP contribution in [0.25, 0.3) is 0 Å². The quantitative estimate of drug-likeness (QED) is 0.757. The molecule has 0 radical (unpaired) electrons. The molecule has 132 valence electrons. The summed E-state index contributed by atoms with van der Waals surface area (Å²) in [7, 11) is 1.35. The fraction of sp³-hybridized carbons (Fsp3) is 0.300. The minimum absolute atomic E-state index is 0.181. The molecular weight excluding hydrogens is 316 g/mol. The molecule has 2 aromatic rings. The highest BCUT2D eigenvalue weighted by Crippen LogP contribution is 2.13. The van der Waals surface area contributed by atoms with Crippen molar-refractivity contribution >= 4 is 11.9 Å². The topological polar surface area (TPSA) is 81.4 Å². The van der Waals surface area contributed by atoms with Crippen molar-refractivity contribution in [2.24, 2.45) is 11.7 Å². The van der Waals surface area contributed by atoms with Crippen LogP contribution in [0.2, 0.25) is 0 Å². The van der Waals surface area contributed by atoms with Gasteiger partial charge in [-0.15, -0.1) is 0 Å². The Hall–Kier alpha value is -2.66. The molecule has 0 aromatic heterocycles. The van der Waals surface area contributed by atoms with Gasteiger partial charge < -0.3 is 15.8 Å². The maximum atomic E-state index is 12.3. The molecule has 0 bridgehead atoms. The normalized spacial score (nSPS) is 12.9. The first-order valence-electron chi connectivity index (χ1n) is 8.23. The molecule has 25 heavy (non-hydrogen) atoms. The lowest BCUT2D eigenvalue weighted by molar-refractivity contribution is -0.145. The zero-order chi connectivity index (χ0) is 18.2. The standard InChI is InChI=1S/C20H24N2O3/c1-14-7-6-8-15(11-14)12-17(20(24)25-2)13-22-19(23)18(21)16-9-4-3-5-10-16/h3-11,17-18H,12-13,21H2,1-2H3,(H,22,23). The molecule has 2 aromatic carbocycles. The molecule has 5 heteroatoms. The van der Waals surface area contributed by atoms with E-state index in [4.69, 9.17) is 10.5 Å². The third-order valence-electron chi connectivity index (χ3n) is 4.06. The first-order chi connectivity index (χ1) is 12.0. The molecule has 1 amide bonds. The van der Waals surface area contributed by atoms with Crippen molar-refractivity contribution in [2.75, 3.05) is 13.7 Å². The number of carbonyl (C=O) groups is 2. The molecule has 0 aliphatic carbocycles. The van der Waals surface area contributed by atoms with Crippen molar-refractivity contribution in [1.29, 1.82) is 0 Å². The smallest absolute Gasteiger partial charge is 0.310 e. The van der Waals surface area contributed by atoms with Crippen molar-refractivity contribution in [3.8, 4) is 0 Å². The number of nitrogens with two attached hydrogens (primary N) is 1. The van der Waals surface area contributed by atoms with E-state index in [0.29, 0.717) is 6.42 Å². The Labute approximate surface area is 148 Å². The van der Waals surface area contributed by atoms with Crippen LogP contribution in [0, 0.1) is 12.8 Å². The van der Waals surface area contributed by atoms with E-state index in [2.05, 4.69) is 5.32 Å². The SMILES string of the molecule is COC(=O)C(CNC(=O)C(N)c1ccccc1)Cc1cccc(C)c1. The predicted octanol–water partition coefficient (Wildman–Crippen LogP) is 2.14. The summed E-state index contributed by atoms with van der Waals surface area (Å²) in [5, 5.41) is 2.77. The number of amides is 1. The molecule has 0 heterocycles. The number of hydrogen-bond acceptors (Lipinski definition) is 4. The van der Waals surface area contributed by atoms with Gasteiger partial charge in [-0.25, -0.2) is 0 Å². The average Bonchev–Trinajstić information content (AvgIpc) is 2.64. The second-order valence-electron chi connectivity index (χ2n) is 6.05. The first kappa shape index (κ1) is 18.7. The number of nitrogens with one attached hydrogen (secondary N) is 1. The molecule has 2 atom stereocenters. The number of hydrogen-bond donors (Lipinski definition) is 2. The van der Waals surface area contributed by atoms with Gasteiger partial charge in [-0.2, -0.15) is 0 Å². The minimum atomic E-state index is -0.765. The van der Waals surface area contributed by atoms with Crippen molar-refractivity contribution in [2.45, 2.75) is 19.4 Å². The molecule has 0 saturated heterocycles. The highest BCUT2D eigenvalue weighted by molar-refractivity contribution is 5.83. The molecule has 2 unspecified atom stereocenters. The maximum absolute atomic E-state index is 12.3. The van der Waals surface area contributed by atoms with Gasteiger partial charge in [0.15, 0.2) is 0 Å². The van der Waals surface area contributed by atoms with Crippen LogP contribution < -0.4 is 11.1 Å². The van der Waals surface area contributed by atoms with Crippen LogP contribution >= 0.6 is 0 Å². The van der Waals surface area contributed by atoms with Crippen molar-refractivity contribution < 1.29 is 14.3 Å². The number of esters is 1. The largest absolute Gasteiger partial charge is 0.469 e. The summed E-state index contributed by atoms with van der Waals surface area (Å²) in [5.74, 6) is -1.13. The summed E-state index contributed by atoms with van der Waals surface area (Å²) in [5.41, 5.74) is 8.85. The number of rotatable bonds is 7. The summed E-state index contributed by atoms with van der Waals surface area (Å²) in [4.78, 5) is 24.3. The molecule has 0 aliphatic rings. The van der Waals surface area contributed by atoms with E-state index >= 15 is 0 Å². The number of aryl methyl sites for hydroxylation is 1. The van der Waals surface area contributed by atoms with Crippen molar-refractivity contribution in [3.05, 3.63) is 71.3 Å². The molecule has 0 saturated carbocycles. The van der Waals surface area contributed by atoms with Gasteiger partial charge in [0, 0.05) is 6.54 Å². The van der Waals surface area contributed by atoms with Crippen LogP contribution in [0.15, 0.2) is 54.6 Å². The Balaban J connectivity index is 2.00. The lowest BCUT2D eigenvalue weighted by atomic mass is 9.97. The highest BCUT2D eigenvalue weighted by atomic mass is 16.5. The summed E-state index contributed by atoms with van der Waals surface area (Å²) < 4.78 is 4.87. The lowest BCUT2D eigenvalue weighted by Crippen LogP contribution is -2.39. The Morgan fingerprint density at radius 3 is 2.48 bits per heavy atom. The number of carbonyl (C=O) groups excluding carboxylic acids is 2. The van der Waals surface area contributed by atoms with Gasteiger partial charge in [-0.3, -0.25) is 9.59 Å². The third-order valence-corrected chi connectivity index (χ3v) is 4.06. The molecule has 0 fully saturated rings. The first-order valence-corrected chi connectivity index (χ1v) is 8.23. The summed E-state index contributed by atoms with van der Waals surface area (Å²) in [6, 6.07) is 16.3. The molecule has 3 N–H and O–H groups in total. The Bertz CT molecular complexity index is 716. The fourth-order valence-corrected chi connectivity index (χ4v) is 2.67. The van der Waals surface area contributed by atoms with Gasteiger partial charge in [0.1, 0.15) is 6.04 Å². The van der Waals surface area contributed by atoms with Gasteiger partial charge in [0.05, 0.1) is 13.0 Å². The number of methoxy groups -OCH3 is 1. The van der Waals surface area contributed by atoms with E-state index < -0.39 is 12.0 Å². The van der Waals surface area contributed by atoms with Crippen molar-refractivity contribution in [3.63, 3.8) is 0 Å². The van der Waals surface area contributed by atoms with E-state index in [1.165, 1.54) is 7.11 Å². The average molecular weight is 340 g/mol. The molecule has 5 nitrogen and oxygen atoms in total. The van der Waals surface area contributed by atoms with Gasteiger partial charge in [0.2, 0.25) is 5.91 Å². The van der Waals surface area contributed by atoms with E-state index in [-0.39, 0.29) is 18.4 Å². The van der Waals surface area contributed by atoms with E-state index in [0.717, 1.165) is 16.7 Å². The van der Waals surface area contributed by atoms with E-state index in [9.17, 15) is 9.59 Å². The van der Waals surface area contributed by atoms with Crippen LogP contribution in [0.4, 0.5) is 0 Å². The molecular formula is C20H24N2O3. The Kier molecular flexibility index (Phi) is 6.71. The monoisotopic (exact) mass is 340 g/mol. The fourth-order valence-electron chi connectivity index (χ4n) is 2.67. The lowest BCUT2D eigenvalue weighted by Gasteiger charge is -2.18. The van der Waals surface area contributed by atoms with Gasteiger partial charge >= 0.3 is 5.97 Å². The van der Waals surface area contributed by atoms with Gasteiger partial charge in [-0.05, 0) is 24.5 Å². The summed E-state index contributed by atoms with van der Waals surface area (Å²) in [6.07, 6.45) is 0.495. The van der Waals surface area contributed by atoms with Crippen LogP contribution in [0.1, 0.15) is 22.7 Å². The van der Waals surface area contributed by atoms with Gasteiger partial charge in [0.25, 0.3) is 0 Å². The van der Waals surface area contributed by atoms with Gasteiger partial charge in [-0.1, -0.05) is 60.2 Å². The Morgan fingerprint density at radius 2 is 1.84 bits per heavy atom. The number of benzene rings is 2. The summed E-state index contributed by atoms with van der Waals surface area (Å²) in [6.45, 7) is 2.18. The van der Waals surface area contributed by atoms with E-state index in [1.54, 1.807) is 12.1 Å². The van der Waals surface area contributed by atoms with Crippen LogP contribution in [0.5, 0.6) is 0 Å². The second kappa shape index (κ2) is 8.99. The Morgan fingerprint density at radius 1 is 1.12 bits per heavy atom. The molecule has 0 spiro atoms. The van der Waals surface area contributed by atoms with Crippen LogP contribution in [0.3, 0.4) is 0 Å². The second-order valence-corrected chi connectivity index (χ2v) is 6.05.